The number of ether oxygens (including phenoxy) is 2. The number of halogens is 1. The summed E-state index contributed by atoms with van der Waals surface area (Å²) in [6.07, 6.45) is 0. The van der Waals surface area contributed by atoms with Gasteiger partial charge in [-0.1, -0.05) is 0 Å². The van der Waals surface area contributed by atoms with Gasteiger partial charge in [-0.25, -0.2) is 0 Å². The second kappa shape index (κ2) is 6.23. The van der Waals surface area contributed by atoms with Gasteiger partial charge < -0.3 is 12.4 Å². The van der Waals surface area contributed by atoms with Crippen molar-refractivity contribution in [1.82, 2.24) is 0 Å². The zero-order valence-corrected chi connectivity index (χ0v) is 11.6. The van der Waals surface area contributed by atoms with Crippen molar-refractivity contribution in [2.45, 2.75) is 5.02 Å². The van der Waals surface area contributed by atoms with Crippen LogP contribution < -0.4 is 21.9 Å². The topological polar surface area (TPSA) is 18.5 Å². The summed E-state index contributed by atoms with van der Waals surface area (Å²) in [6.45, 7) is 0. The fourth-order valence-corrected chi connectivity index (χ4v) is 1.69. The number of rotatable bonds is 3. The summed E-state index contributed by atoms with van der Waals surface area (Å²) in [4.78, 5) is 0. The molecular formula is C9H11ClO2Zn. The first kappa shape index (κ1) is 12.7. The maximum atomic E-state index is 5.17. The van der Waals surface area contributed by atoms with Gasteiger partial charge in [-0.15, -0.1) is 0 Å². The predicted octanol–water partition coefficient (Wildman–Crippen LogP) is -1.25. The van der Waals surface area contributed by atoms with Crippen LogP contribution in [0.5, 0.6) is 11.5 Å². The van der Waals surface area contributed by atoms with Crippen molar-refractivity contribution in [2.75, 3.05) is 14.2 Å². The van der Waals surface area contributed by atoms with E-state index in [0.29, 0.717) is 0 Å². The molecule has 2 nitrogen and oxygen atoms in total. The first-order chi connectivity index (χ1) is 5.81. The number of hydrogen-bond donors (Lipinski definition) is 0. The Balaban J connectivity index is 0.00000144. The van der Waals surface area contributed by atoms with Gasteiger partial charge in [0, 0.05) is 0 Å². The molecule has 0 bridgehead atoms. The molecule has 0 saturated carbocycles. The summed E-state index contributed by atoms with van der Waals surface area (Å²) >= 11 is 1.27. The standard InChI is InChI=1S/C9H11O2.ClH.Zn/c1-7-4-5-8(10-2)9(6-7)11-3;;/h4-6H,1H2,2-3H3;1H;/q;;+1/p-1. The van der Waals surface area contributed by atoms with Crippen LogP contribution in [-0.4, -0.2) is 14.2 Å². The van der Waals surface area contributed by atoms with E-state index in [-0.39, 0.29) is 12.4 Å². The third kappa shape index (κ3) is 3.17. The normalized spacial score (nSPS) is 8.92. The molecule has 1 aromatic carbocycles. The van der Waals surface area contributed by atoms with Crippen molar-refractivity contribution in [3.05, 3.63) is 23.8 Å². The molecule has 0 atom stereocenters. The summed E-state index contributed by atoms with van der Waals surface area (Å²) < 4.78 is 10.3. The molecule has 0 radical (unpaired) electrons. The molecule has 0 N–H and O–H groups in total. The van der Waals surface area contributed by atoms with Crippen molar-refractivity contribution in [1.29, 1.82) is 0 Å². The second-order valence-corrected chi connectivity index (χ2v) is 3.49. The Kier molecular flexibility index (Phi) is 6.10. The van der Waals surface area contributed by atoms with Crippen LogP contribution in [0.15, 0.2) is 18.2 Å². The van der Waals surface area contributed by atoms with E-state index in [1.165, 1.54) is 23.9 Å². The van der Waals surface area contributed by atoms with E-state index in [9.17, 15) is 0 Å². The van der Waals surface area contributed by atoms with E-state index < -0.39 is 0 Å². The van der Waals surface area contributed by atoms with E-state index in [0.717, 1.165) is 16.5 Å². The summed E-state index contributed by atoms with van der Waals surface area (Å²) in [7, 11) is 3.31. The largest absolute Gasteiger partial charge is 1.00 e. The quantitative estimate of drug-likeness (QED) is 0.626. The van der Waals surface area contributed by atoms with E-state index in [2.05, 4.69) is 6.07 Å². The average Bonchev–Trinajstić information content (AvgIpc) is 2.16. The average molecular weight is 252 g/mol. The van der Waals surface area contributed by atoms with Gasteiger partial charge >= 0.3 is 82.3 Å². The molecule has 0 heterocycles. The van der Waals surface area contributed by atoms with E-state index in [1.54, 1.807) is 14.2 Å². The maximum Gasteiger partial charge on any atom is -1.00 e. The third-order valence-corrected chi connectivity index (χ3v) is 2.95. The monoisotopic (exact) mass is 250 g/mol. The van der Waals surface area contributed by atoms with Gasteiger partial charge in [0.25, 0.3) is 0 Å². The van der Waals surface area contributed by atoms with Gasteiger partial charge in [0.15, 0.2) is 0 Å². The molecule has 0 amide bonds. The molecular weight excluding hydrogens is 241 g/mol. The van der Waals surface area contributed by atoms with Gasteiger partial charge in [-0.3, -0.25) is 0 Å². The summed E-state index contributed by atoms with van der Waals surface area (Å²) in [5.41, 5.74) is 1.31. The molecule has 0 aliphatic heterocycles. The van der Waals surface area contributed by atoms with Crippen LogP contribution in [0.4, 0.5) is 0 Å². The predicted molar refractivity (Wildman–Crippen MR) is 43.3 cm³/mol. The Hall–Kier alpha value is -0.267. The van der Waals surface area contributed by atoms with Crippen LogP contribution in [0.3, 0.4) is 0 Å². The Morgan fingerprint density at radius 3 is 2.23 bits per heavy atom. The van der Waals surface area contributed by atoms with Crippen LogP contribution >= 0.6 is 0 Å². The van der Waals surface area contributed by atoms with Crippen LogP contribution in [0.25, 0.3) is 0 Å². The smallest absolute Gasteiger partial charge is 1.00 e. The Morgan fingerprint density at radius 2 is 1.77 bits per heavy atom. The molecule has 4 heteroatoms. The van der Waals surface area contributed by atoms with Crippen LogP contribution in [0.1, 0.15) is 5.56 Å². The molecule has 1 aromatic rings. The third-order valence-electron chi connectivity index (χ3n) is 1.74. The fourth-order valence-electron chi connectivity index (χ4n) is 1.04. The molecule has 1 rings (SSSR count). The van der Waals surface area contributed by atoms with Crippen molar-refractivity contribution in [3.63, 3.8) is 0 Å². The van der Waals surface area contributed by atoms with Gasteiger partial charge in [-0.2, -0.15) is 0 Å². The van der Waals surface area contributed by atoms with Crippen molar-refractivity contribution < 1.29 is 40.2 Å². The molecule has 0 aliphatic rings. The minimum atomic E-state index is 0. The number of benzene rings is 1. The Bertz CT molecular complexity index is 266. The SMILES string of the molecule is COc1ccc([CH2][Zn+])cc1OC.[Cl-]. The van der Waals surface area contributed by atoms with Gasteiger partial charge in [-0.05, 0) is 0 Å². The zero-order chi connectivity index (χ0) is 8.97. The summed E-state index contributed by atoms with van der Waals surface area (Å²) in [6, 6.07) is 6.05. The van der Waals surface area contributed by atoms with Crippen LogP contribution in [0.2, 0.25) is 0 Å². The molecule has 0 spiro atoms. The van der Waals surface area contributed by atoms with Gasteiger partial charge in [0.2, 0.25) is 0 Å². The molecule has 0 saturated heterocycles. The van der Waals surface area contributed by atoms with Crippen molar-refractivity contribution in [3.8, 4) is 11.5 Å². The van der Waals surface area contributed by atoms with Gasteiger partial charge in [0.05, 0.1) is 0 Å². The second-order valence-electron chi connectivity index (χ2n) is 2.44. The van der Waals surface area contributed by atoms with E-state index >= 15 is 0 Å². The van der Waals surface area contributed by atoms with Crippen LogP contribution in [0, 0.1) is 0 Å². The molecule has 0 unspecified atom stereocenters. The van der Waals surface area contributed by atoms with Gasteiger partial charge in [0.1, 0.15) is 0 Å². The fraction of sp³-hybridized carbons (Fsp3) is 0.333. The molecule has 68 valence electrons. The summed E-state index contributed by atoms with van der Waals surface area (Å²) in [5.74, 6) is 1.62. The first-order valence-corrected chi connectivity index (χ1v) is 5.91. The Labute approximate surface area is 94.7 Å². The molecule has 0 aromatic heterocycles. The Morgan fingerprint density at radius 1 is 1.15 bits per heavy atom. The molecule has 0 aliphatic carbocycles. The van der Waals surface area contributed by atoms with Crippen molar-refractivity contribution in [2.24, 2.45) is 0 Å². The maximum absolute atomic E-state index is 5.17. The molecule has 0 fully saturated rings. The summed E-state index contributed by atoms with van der Waals surface area (Å²) in [5, 5.41) is 1.14. The minimum Gasteiger partial charge on any atom is -1.00 e. The van der Waals surface area contributed by atoms with Crippen LogP contribution in [-0.2, 0) is 23.3 Å². The number of hydrogen-bond acceptors (Lipinski definition) is 2. The number of methoxy groups -OCH3 is 2. The molecule has 13 heavy (non-hydrogen) atoms. The first-order valence-electron chi connectivity index (χ1n) is 3.82. The minimum absolute atomic E-state index is 0. The van der Waals surface area contributed by atoms with E-state index in [4.69, 9.17) is 9.47 Å². The van der Waals surface area contributed by atoms with Crippen molar-refractivity contribution >= 4 is 0 Å². The van der Waals surface area contributed by atoms with E-state index in [1.807, 2.05) is 12.1 Å². The zero-order valence-electron chi connectivity index (χ0n) is 7.84.